The third-order valence-electron chi connectivity index (χ3n) is 3.66. The Kier molecular flexibility index (Phi) is 6.45. The molecule has 0 atom stereocenters. The largest absolute Gasteiger partial charge is 0.460 e. The second kappa shape index (κ2) is 9.01. The maximum absolute atomic E-state index is 12.2. The highest BCUT2D eigenvalue weighted by atomic mass is 79.9. The summed E-state index contributed by atoms with van der Waals surface area (Å²) in [5, 5.41) is 2.73. The van der Waals surface area contributed by atoms with Crippen LogP contribution in [0.2, 0.25) is 0 Å². The number of amides is 1. The summed E-state index contributed by atoms with van der Waals surface area (Å²) in [6.45, 7) is 0.00923. The lowest BCUT2D eigenvalue weighted by Gasteiger charge is -2.04. The normalized spacial score (nSPS) is 11.6. The van der Waals surface area contributed by atoms with E-state index in [0.29, 0.717) is 17.2 Å². The Morgan fingerprint density at radius 3 is 2.57 bits per heavy atom. The summed E-state index contributed by atoms with van der Waals surface area (Å²) in [7, 11) is -3.61. The Labute approximate surface area is 171 Å². The van der Waals surface area contributed by atoms with Crippen molar-refractivity contribution in [3.8, 4) is 0 Å². The van der Waals surface area contributed by atoms with Gasteiger partial charge in [0.1, 0.15) is 11.5 Å². The van der Waals surface area contributed by atoms with Gasteiger partial charge in [-0.3, -0.25) is 4.79 Å². The number of carbonyl (C=O) groups excluding carboxylic acids is 1. The van der Waals surface area contributed by atoms with E-state index in [9.17, 15) is 13.2 Å². The van der Waals surface area contributed by atoms with Crippen molar-refractivity contribution in [3.63, 3.8) is 0 Å². The van der Waals surface area contributed by atoms with Gasteiger partial charge in [-0.15, -0.1) is 0 Å². The predicted octanol–water partition coefficient (Wildman–Crippen LogP) is 4.17. The number of halogens is 1. The highest BCUT2D eigenvalue weighted by Crippen LogP contribution is 2.16. The van der Waals surface area contributed by atoms with Gasteiger partial charge < -0.3 is 9.73 Å². The van der Waals surface area contributed by atoms with Crippen molar-refractivity contribution in [3.05, 3.63) is 88.8 Å². The van der Waals surface area contributed by atoms with Gasteiger partial charge in [-0.1, -0.05) is 40.2 Å². The topological polar surface area (TPSA) is 88.4 Å². The van der Waals surface area contributed by atoms with Crippen LogP contribution >= 0.6 is 15.9 Å². The van der Waals surface area contributed by atoms with Gasteiger partial charge in [0.2, 0.25) is 15.9 Å². The summed E-state index contributed by atoms with van der Waals surface area (Å²) < 4.78 is 33.3. The molecule has 1 aromatic heterocycles. The standard InChI is InChI=1S/C20H17BrN2O4S/c21-15-5-4-6-16(13-15)23-20(24)12-11-17-9-10-18(27-17)14-22-28(25,26)19-7-2-1-3-8-19/h1-13,22H,14H2,(H,23,24)/b12-11+. The van der Waals surface area contributed by atoms with Gasteiger partial charge in [0.05, 0.1) is 11.4 Å². The number of hydrogen-bond donors (Lipinski definition) is 2. The molecule has 0 aliphatic rings. The molecule has 2 aromatic carbocycles. The van der Waals surface area contributed by atoms with Crippen molar-refractivity contribution in [2.45, 2.75) is 11.4 Å². The van der Waals surface area contributed by atoms with Crippen molar-refractivity contribution in [2.24, 2.45) is 0 Å². The lowest BCUT2D eigenvalue weighted by atomic mass is 10.3. The van der Waals surface area contributed by atoms with Crippen molar-refractivity contribution in [2.75, 3.05) is 5.32 Å². The molecule has 0 aliphatic heterocycles. The maximum Gasteiger partial charge on any atom is 0.248 e. The van der Waals surface area contributed by atoms with Crippen LogP contribution < -0.4 is 10.0 Å². The maximum atomic E-state index is 12.2. The van der Waals surface area contributed by atoms with Crippen molar-refractivity contribution in [1.29, 1.82) is 0 Å². The SMILES string of the molecule is O=C(/C=C/c1ccc(CNS(=O)(=O)c2ccccc2)o1)Nc1cccc(Br)c1. The third-order valence-corrected chi connectivity index (χ3v) is 5.57. The lowest BCUT2D eigenvalue weighted by Crippen LogP contribution is -2.22. The molecule has 1 amide bonds. The second-order valence-electron chi connectivity index (χ2n) is 5.77. The van der Waals surface area contributed by atoms with Gasteiger partial charge in [0, 0.05) is 16.2 Å². The number of benzene rings is 2. The average molecular weight is 461 g/mol. The molecule has 0 fully saturated rings. The average Bonchev–Trinajstić information content (AvgIpc) is 3.14. The quantitative estimate of drug-likeness (QED) is 0.517. The Balaban J connectivity index is 1.56. The molecule has 0 saturated heterocycles. The molecule has 6 nitrogen and oxygen atoms in total. The van der Waals surface area contributed by atoms with E-state index in [4.69, 9.17) is 4.42 Å². The monoisotopic (exact) mass is 460 g/mol. The number of rotatable bonds is 7. The van der Waals surface area contributed by atoms with Gasteiger partial charge in [-0.25, -0.2) is 13.1 Å². The number of carbonyl (C=O) groups is 1. The van der Waals surface area contributed by atoms with Crippen LogP contribution in [0.15, 0.2) is 86.6 Å². The molecule has 2 N–H and O–H groups in total. The van der Waals surface area contributed by atoms with E-state index < -0.39 is 10.0 Å². The zero-order chi connectivity index (χ0) is 20.0. The van der Waals surface area contributed by atoms with E-state index in [1.165, 1.54) is 24.3 Å². The summed E-state index contributed by atoms with van der Waals surface area (Å²) in [4.78, 5) is 12.2. The molecule has 0 aliphatic carbocycles. The van der Waals surface area contributed by atoms with E-state index in [1.54, 1.807) is 42.5 Å². The second-order valence-corrected chi connectivity index (χ2v) is 8.46. The van der Waals surface area contributed by atoms with E-state index in [0.717, 1.165) is 4.47 Å². The number of anilines is 1. The van der Waals surface area contributed by atoms with Gasteiger partial charge in [-0.2, -0.15) is 0 Å². The molecule has 0 unspecified atom stereocenters. The molecule has 0 bridgehead atoms. The lowest BCUT2D eigenvalue weighted by molar-refractivity contribution is -0.111. The Bertz CT molecular complexity index is 1090. The number of hydrogen-bond acceptors (Lipinski definition) is 4. The number of sulfonamides is 1. The summed E-state index contributed by atoms with van der Waals surface area (Å²) in [6.07, 6.45) is 2.86. The zero-order valence-electron chi connectivity index (χ0n) is 14.6. The molecular weight excluding hydrogens is 444 g/mol. The number of furan rings is 1. The molecule has 3 rings (SSSR count). The summed E-state index contributed by atoms with van der Waals surface area (Å²) >= 11 is 3.34. The predicted molar refractivity (Wildman–Crippen MR) is 111 cm³/mol. The summed E-state index contributed by atoms with van der Waals surface area (Å²) in [5.74, 6) is 0.575. The molecule has 144 valence electrons. The molecule has 0 saturated carbocycles. The van der Waals surface area contributed by atoms with Crippen LogP contribution in [0.4, 0.5) is 5.69 Å². The fraction of sp³-hybridized carbons (Fsp3) is 0.0500. The van der Waals surface area contributed by atoms with Crippen molar-refractivity contribution >= 4 is 43.6 Å². The minimum absolute atomic E-state index is 0.00923. The molecule has 0 spiro atoms. The van der Waals surface area contributed by atoms with E-state index in [2.05, 4.69) is 26.0 Å². The first-order chi connectivity index (χ1) is 13.4. The summed E-state index contributed by atoms with van der Waals surface area (Å²) in [5.41, 5.74) is 0.666. The van der Waals surface area contributed by atoms with Gasteiger partial charge >= 0.3 is 0 Å². The first-order valence-corrected chi connectivity index (χ1v) is 10.6. The van der Waals surface area contributed by atoms with Crippen LogP contribution in [0.5, 0.6) is 0 Å². The van der Waals surface area contributed by atoms with E-state index in [1.807, 2.05) is 12.1 Å². The fourth-order valence-electron chi connectivity index (χ4n) is 2.34. The molecule has 3 aromatic rings. The highest BCUT2D eigenvalue weighted by molar-refractivity contribution is 9.10. The minimum atomic E-state index is -3.61. The van der Waals surface area contributed by atoms with Crippen LogP contribution in [-0.4, -0.2) is 14.3 Å². The molecule has 0 radical (unpaired) electrons. The highest BCUT2D eigenvalue weighted by Gasteiger charge is 2.13. The minimum Gasteiger partial charge on any atom is -0.460 e. The Hall–Kier alpha value is -2.68. The van der Waals surface area contributed by atoms with Crippen LogP contribution in [0.1, 0.15) is 11.5 Å². The van der Waals surface area contributed by atoms with Crippen LogP contribution in [0, 0.1) is 0 Å². The molecule has 8 heteroatoms. The fourth-order valence-corrected chi connectivity index (χ4v) is 3.75. The van der Waals surface area contributed by atoms with Gasteiger partial charge in [0.15, 0.2) is 0 Å². The van der Waals surface area contributed by atoms with E-state index in [-0.39, 0.29) is 17.3 Å². The third kappa shape index (κ3) is 5.66. The first kappa shape index (κ1) is 20.1. The number of nitrogens with one attached hydrogen (secondary N) is 2. The smallest absolute Gasteiger partial charge is 0.248 e. The van der Waals surface area contributed by atoms with E-state index >= 15 is 0 Å². The van der Waals surface area contributed by atoms with Crippen LogP contribution in [0.25, 0.3) is 6.08 Å². The zero-order valence-corrected chi connectivity index (χ0v) is 17.0. The van der Waals surface area contributed by atoms with Gasteiger partial charge in [-0.05, 0) is 48.5 Å². The summed E-state index contributed by atoms with van der Waals surface area (Å²) in [6, 6.07) is 18.7. The molecule has 28 heavy (non-hydrogen) atoms. The molecule has 1 heterocycles. The Morgan fingerprint density at radius 2 is 1.82 bits per heavy atom. The van der Waals surface area contributed by atoms with Crippen molar-refractivity contribution < 1.29 is 17.6 Å². The van der Waals surface area contributed by atoms with Crippen LogP contribution in [-0.2, 0) is 21.4 Å². The van der Waals surface area contributed by atoms with Crippen LogP contribution in [0.3, 0.4) is 0 Å². The van der Waals surface area contributed by atoms with Gasteiger partial charge in [0.25, 0.3) is 0 Å². The Morgan fingerprint density at radius 1 is 1.04 bits per heavy atom. The first-order valence-electron chi connectivity index (χ1n) is 8.30. The van der Waals surface area contributed by atoms with Crippen molar-refractivity contribution in [1.82, 2.24) is 4.72 Å². The molecular formula is C20H17BrN2O4S.